The van der Waals surface area contributed by atoms with E-state index in [2.05, 4.69) is 10.6 Å². The fourth-order valence-electron chi connectivity index (χ4n) is 3.38. The maximum absolute atomic E-state index is 12.4. The monoisotopic (exact) mass is 313 g/mol. The van der Waals surface area contributed by atoms with Gasteiger partial charge in [-0.1, -0.05) is 6.42 Å². The van der Waals surface area contributed by atoms with Crippen molar-refractivity contribution < 1.29 is 19.8 Å². The molecular weight excluding hydrogens is 286 g/mol. The minimum Gasteiger partial charge on any atom is -0.465 e. The molecule has 0 bridgehead atoms. The summed E-state index contributed by atoms with van der Waals surface area (Å²) in [5.74, 6) is 0.627. The molecule has 2 amide bonds. The summed E-state index contributed by atoms with van der Waals surface area (Å²) in [7, 11) is 0. The molecule has 4 N–H and O–H groups in total. The van der Waals surface area contributed by atoms with Crippen molar-refractivity contribution in [1.82, 2.24) is 15.5 Å². The lowest BCUT2D eigenvalue weighted by atomic mass is 9.92. The molecule has 3 atom stereocenters. The number of β-amino-alcohol motifs (C(OH)–C–C–N with tert-alkyl or cyclic N) is 1. The van der Waals surface area contributed by atoms with E-state index in [-0.39, 0.29) is 11.9 Å². The molecule has 0 unspecified atom stereocenters. The number of amides is 2. The van der Waals surface area contributed by atoms with Gasteiger partial charge in [-0.3, -0.25) is 4.79 Å². The molecule has 0 aromatic rings. The van der Waals surface area contributed by atoms with E-state index in [1.807, 2.05) is 4.90 Å². The summed E-state index contributed by atoms with van der Waals surface area (Å²) in [6, 6.07) is -0.228. The van der Waals surface area contributed by atoms with E-state index in [1.165, 1.54) is 0 Å². The van der Waals surface area contributed by atoms with Crippen LogP contribution in [0.4, 0.5) is 4.79 Å². The van der Waals surface area contributed by atoms with Crippen molar-refractivity contribution in [2.24, 2.45) is 5.92 Å². The number of hydrogen-bond donors (Lipinski definition) is 4. The lowest BCUT2D eigenvalue weighted by Crippen LogP contribution is -2.47. The Labute approximate surface area is 131 Å². The van der Waals surface area contributed by atoms with Crippen molar-refractivity contribution in [3.05, 3.63) is 0 Å². The van der Waals surface area contributed by atoms with E-state index in [4.69, 9.17) is 5.11 Å². The maximum Gasteiger partial charge on any atom is 0.404 e. The van der Waals surface area contributed by atoms with Crippen LogP contribution in [0, 0.1) is 5.92 Å². The van der Waals surface area contributed by atoms with E-state index in [1.54, 1.807) is 0 Å². The first-order valence-corrected chi connectivity index (χ1v) is 8.23. The van der Waals surface area contributed by atoms with Gasteiger partial charge in [0.05, 0.1) is 12.1 Å². The Hall–Kier alpha value is -1.34. The van der Waals surface area contributed by atoms with E-state index in [0.717, 1.165) is 45.2 Å². The fourth-order valence-corrected chi connectivity index (χ4v) is 3.38. The van der Waals surface area contributed by atoms with Crippen LogP contribution in [0.25, 0.3) is 0 Å². The van der Waals surface area contributed by atoms with Crippen LogP contribution in [0.5, 0.6) is 0 Å². The third-order valence-corrected chi connectivity index (χ3v) is 4.55. The largest absolute Gasteiger partial charge is 0.465 e. The molecule has 2 heterocycles. The molecule has 2 aliphatic rings. The third-order valence-electron chi connectivity index (χ3n) is 4.55. The highest BCUT2D eigenvalue weighted by Crippen LogP contribution is 2.23. The Kier molecular flexibility index (Phi) is 6.45. The average Bonchev–Trinajstić information content (AvgIpc) is 2.93. The number of rotatable bonds is 6. The van der Waals surface area contributed by atoms with Crippen LogP contribution in [-0.4, -0.2) is 65.4 Å². The molecule has 0 saturated carbocycles. The molecule has 2 saturated heterocycles. The van der Waals surface area contributed by atoms with Crippen molar-refractivity contribution >= 4 is 12.0 Å². The number of piperidine rings is 1. The number of carbonyl (C=O) groups excluding carboxylic acids is 1. The number of carbonyl (C=O) groups is 2. The third kappa shape index (κ3) is 5.14. The molecule has 0 aromatic carbocycles. The van der Waals surface area contributed by atoms with Crippen LogP contribution < -0.4 is 10.6 Å². The predicted octanol–water partition coefficient (Wildman–Crippen LogP) is 0.386. The van der Waals surface area contributed by atoms with Crippen LogP contribution >= 0.6 is 0 Å². The van der Waals surface area contributed by atoms with Crippen molar-refractivity contribution in [1.29, 1.82) is 0 Å². The van der Waals surface area contributed by atoms with Crippen molar-refractivity contribution in [3.63, 3.8) is 0 Å². The Morgan fingerprint density at radius 2 is 2.14 bits per heavy atom. The number of nitrogens with zero attached hydrogens (tertiary/aromatic N) is 1. The zero-order chi connectivity index (χ0) is 15.9. The quantitative estimate of drug-likeness (QED) is 0.531. The molecule has 2 aliphatic heterocycles. The smallest absolute Gasteiger partial charge is 0.404 e. The summed E-state index contributed by atoms with van der Waals surface area (Å²) >= 11 is 0. The minimum atomic E-state index is -0.972. The summed E-state index contributed by atoms with van der Waals surface area (Å²) in [6.07, 6.45) is 4.15. The summed E-state index contributed by atoms with van der Waals surface area (Å²) in [5.41, 5.74) is 0. The van der Waals surface area contributed by atoms with Gasteiger partial charge in [0.15, 0.2) is 0 Å². The number of aliphatic hydroxyl groups is 1. The number of aliphatic hydroxyl groups excluding tert-OH is 1. The standard InChI is InChI=1S/C15H27N3O4/c19-12-8-13(17-9-12)14(20)18-7-3-5-11(10-18)4-1-2-6-16-15(21)22/h11-13,16-17,19H,1-10H2,(H,21,22)/t11-,12-,13+/m1/s1. The highest BCUT2D eigenvalue weighted by molar-refractivity contribution is 5.82. The number of carboxylic acid groups (broad SMARTS) is 1. The topological polar surface area (TPSA) is 102 Å². The van der Waals surface area contributed by atoms with Crippen LogP contribution in [0.3, 0.4) is 0 Å². The first kappa shape index (κ1) is 17.0. The van der Waals surface area contributed by atoms with E-state index in [9.17, 15) is 14.7 Å². The average molecular weight is 313 g/mol. The Balaban J connectivity index is 1.67. The van der Waals surface area contributed by atoms with Gasteiger partial charge in [-0.2, -0.15) is 0 Å². The number of hydrogen-bond acceptors (Lipinski definition) is 4. The molecule has 7 heteroatoms. The Morgan fingerprint density at radius 3 is 2.82 bits per heavy atom. The van der Waals surface area contributed by atoms with Gasteiger partial charge in [-0.05, 0) is 38.0 Å². The second-order valence-corrected chi connectivity index (χ2v) is 6.37. The molecule has 2 rings (SSSR count). The minimum absolute atomic E-state index is 0.119. The van der Waals surface area contributed by atoms with E-state index >= 15 is 0 Å². The molecule has 0 spiro atoms. The van der Waals surface area contributed by atoms with Crippen molar-refractivity contribution in [2.75, 3.05) is 26.2 Å². The van der Waals surface area contributed by atoms with E-state index in [0.29, 0.717) is 25.4 Å². The van der Waals surface area contributed by atoms with Crippen LogP contribution in [0.15, 0.2) is 0 Å². The van der Waals surface area contributed by atoms with Crippen LogP contribution in [0.2, 0.25) is 0 Å². The highest BCUT2D eigenvalue weighted by atomic mass is 16.4. The SMILES string of the molecule is O=C(O)NCCCC[C@@H]1CCCN(C(=O)[C@@H]2C[C@@H](O)CN2)C1. The van der Waals surface area contributed by atoms with Gasteiger partial charge in [0, 0.05) is 26.2 Å². The normalized spacial score (nSPS) is 28.6. The van der Waals surface area contributed by atoms with Crippen LogP contribution in [0.1, 0.15) is 38.5 Å². The first-order valence-electron chi connectivity index (χ1n) is 8.23. The molecule has 0 aromatic heterocycles. The highest BCUT2D eigenvalue weighted by Gasteiger charge is 2.33. The van der Waals surface area contributed by atoms with Gasteiger partial charge < -0.3 is 25.7 Å². The second-order valence-electron chi connectivity index (χ2n) is 6.37. The zero-order valence-electron chi connectivity index (χ0n) is 13.0. The molecule has 22 heavy (non-hydrogen) atoms. The lowest BCUT2D eigenvalue weighted by molar-refractivity contribution is -0.135. The predicted molar refractivity (Wildman–Crippen MR) is 81.6 cm³/mol. The molecule has 7 nitrogen and oxygen atoms in total. The van der Waals surface area contributed by atoms with Crippen molar-refractivity contribution in [3.8, 4) is 0 Å². The maximum atomic E-state index is 12.4. The van der Waals surface area contributed by atoms with Crippen molar-refractivity contribution in [2.45, 2.75) is 50.7 Å². The summed E-state index contributed by atoms with van der Waals surface area (Å²) in [5, 5.41) is 23.5. The molecule has 0 aliphatic carbocycles. The zero-order valence-corrected chi connectivity index (χ0v) is 13.0. The molecule has 126 valence electrons. The molecular formula is C15H27N3O4. The number of unbranched alkanes of at least 4 members (excludes halogenated alkanes) is 1. The molecule has 0 radical (unpaired) electrons. The van der Waals surface area contributed by atoms with Gasteiger partial charge >= 0.3 is 6.09 Å². The Bertz CT molecular complexity index is 391. The van der Waals surface area contributed by atoms with Gasteiger partial charge in [0.25, 0.3) is 0 Å². The number of likely N-dealkylation sites (tertiary alicyclic amines) is 1. The Morgan fingerprint density at radius 1 is 1.32 bits per heavy atom. The van der Waals surface area contributed by atoms with Gasteiger partial charge in [-0.25, -0.2) is 4.79 Å². The fraction of sp³-hybridized carbons (Fsp3) is 0.867. The second kappa shape index (κ2) is 8.33. The van der Waals surface area contributed by atoms with Gasteiger partial charge in [-0.15, -0.1) is 0 Å². The number of nitrogens with one attached hydrogen (secondary N) is 2. The first-order chi connectivity index (χ1) is 10.6. The lowest BCUT2D eigenvalue weighted by Gasteiger charge is -2.34. The van der Waals surface area contributed by atoms with Gasteiger partial charge in [0.1, 0.15) is 0 Å². The summed E-state index contributed by atoms with van der Waals surface area (Å²) in [4.78, 5) is 24.7. The van der Waals surface area contributed by atoms with Gasteiger partial charge in [0.2, 0.25) is 5.91 Å². The van der Waals surface area contributed by atoms with Crippen LogP contribution in [-0.2, 0) is 4.79 Å². The summed E-state index contributed by atoms with van der Waals surface area (Å²) < 4.78 is 0. The van der Waals surface area contributed by atoms with E-state index < -0.39 is 12.2 Å². The summed E-state index contributed by atoms with van der Waals surface area (Å²) in [6.45, 7) is 2.60. The molecule has 2 fully saturated rings.